The number of likely N-dealkylation sites (N-methyl/N-ethyl adjacent to an activating group) is 1. The highest BCUT2D eigenvalue weighted by molar-refractivity contribution is 7.80. The fourth-order valence-electron chi connectivity index (χ4n) is 2.22. The second-order valence-electron chi connectivity index (χ2n) is 4.82. The minimum Gasteiger partial charge on any atom is -0.340 e. The third-order valence-corrected chi connectivity index (χ3v) is 3.71. The first kappa shape index (κ1) is 13.4. The molecule has 0 unspecified atom stereocenters. The lowest BCUT2D eigenvalue weighted by atomic mass is 10.2. The zero-order valence-corrected chi connectivity index (χ0v) is 11.7. The summed E-state index contributed by atoms with van der Waals surface area (Å²) in [5.74, 6) is 0.0857. The number of amides is 1. The molecule has 0 aliphatic carbocycles. The van der Waals surface area contributed by atoms with Crippen molar-refractivity contribution in [1.82, 2.24) is 9.80 Å². The van der Waals surface area contributed by atoms with Crippen LogP contribution in [0.25, 0.3) is 0 Å². The topological polar surface area (TPSA) is 23.6 Å². The van der Waals surface area contributed by atoms with E-state index in [1.807, 2.05) is 31.3 Å². The van der Waals surface area contributed by atoms with Gasteiger partial charge in [-0.25, -0.2) is 0 Å². The number of hydrogen-bond acceptors (Lipinski definition) is 3. The molecule has 1 fully saturated rings. The van der Waals surface area contributed by atoms with Crippen molar-refractivity contribution in [3.05, 3.63) is 29.8 Å². The van der Waals surface area contributed by atoms with Crippen molar-refractivity contribution in [3.8, 4) is 0 Å². The normalized spacial score (nSPS) is 15.9. The molecule has 0 bridgehead atoms. The van der Waals surface area contributed by atoms with Gasteiger partial charge in [-0.2, -0.15) is 0 Å². The van der Waals surface area contributed by atoms with Crippen LogP contribution in [0.3, 0.4) is 0 Å². The van der Waals surface area contributed by atoms with Crippen molar-refractivity contribution >= 4 is 18.5 Å². The van der Waals surface area contributed by atoms with Crippen LogP contribution in [-0.2, 0) is 0 Å². The highest BCUT2D eigenvalue weighted by atomic mass is 32.1. The van der Waals surface area contributed by atoms with Gasteiger partial charge in [0.15, 0.2) is 0 Å². The highest BCUT2D eigenvalue weighted by Gasteiger charge is 2.15. The molecule has 1 heterocycles. The van der Waals surface area contributed by atoms with E-state index in [4.69, 9.17) is 0 Å². The highest BCUT2D eigenvalue weighted by Crippen LogP contribution is 2.10. The van der Waals surface area contributed by atoms with Crippen LogP contribution in [-0.4, -0.2) is 48.9 Å². The molecular formula is C14H20N2OS. The van der Waals surface area contributed by atoms with Crippen LogP contribution >= 0.6 is 12.6 Å². The van der Waals surface area contributed by atoms with Gasteiger partial charge in [-0.1, -0.05) is 0 Å². The van der Waals surface area contributed by atoms with E-state index in [1.165, 1.54) is 25.9 Å². The molecule has 1 aliphatic rings. The Balaban J connectivity index is 1.85. The molecule has 1 aromatic rings. The van der Waals surface area contributed by atoms with Crippen molar-refractivity contribution in [3.63, 3.8) is 0 Å². The van der Waals surface area contributed by atoms with Crippen LogP contribution in [0.1, 0.15) is 23.2 Å². The lowest BCUT2D eigenvalue weighted by Gasteiger charge is -2.21. The van der Waals surface area contributed by atoms with E-state index >= 15 is 0 Å². The standard InChI is InChI=1S/C14H20N2OS/c1-15(10-11-16-8-2-3-9-16)14(17)12-4-6-13(18)7-5-12/h4-7,18H,2-3,8-11H2,1H3. The van der Waals surface area contributed by atoms with E-state index < -0.39 is 0 Å². The Labute approximate surface area is 114 Å². The van der Waals surface area contributed by atoms with Crippen LogP contribution in [0.15, 0.2) is 29.2 Å². The van der Waals surface area contributed by atoms with E-state index in [0.717, 1.165) is 23.5 Å². The summed E-state index contributed by atoms with van der Waals surface area (Å²) >= 11 is 4.22. The van der Waals surface area contributed by atoms with E-state index in [0.29, 0.717) is 0 Å². The number of carbonyl (C=O) groups excluding carboxylic acids is 1. The van der Waals surface area contributed by atoms with Gasteiger partial charge < -0.3 is 9.80 Å². The lowest BCUT2D eigenvalue weighted by Crippen LogP contribution is -2.35. The third-order valence-electron chi connectivity index (χ3n) is 3.41. The van der Waals surface area contributed by atoms with Gasteiger partial charge in [0.2, 0.25) is 0 Å². The molecule has 1 aliphatic heterocycles. The van der Waals surface area contributed by atoms with Gasteiger partial charge in [-0.3, -0.25) is 4.79 Å². The largest absolute Gasteiger partial charge is 0.340 e. The number of rotatable bonds is 4. The Kier molecular flexibility index (Phi) is 4.66. The second-order valence-corrected chi connectivity index (χ2v) is 5.34. The predicted molar refractivity (Wildman–Crippen MR) is 76.3 cm³/mol. The minimum absolute atomic E-state index is 0.0857. The summed E-state index contributed by atoms with van der Waals surface area (Å²) in [7, 11) is 1.87. The fraction of sp³-hybridized carbons (Fsp3) is 0.500. The van der Waals surface area contributed by atoms with Gasteiger partial charge in [0, 0.05) is 30.6 Å². The number of likely N-dealkylation sites (tertiary alicyclic amines) is 1. The summed E-state index contributed by atoms with van der Waals surface area (Å²) in [6.45, 7) is 4.13. The van der Waals surface area contributed by atoms with Crippen molar-refractivity contribution in [1.29, 1.82) is 0 Å². The average Bonchev–Trinajstić information content (AvgIpc) is 2.89. The lowest BCUT2D eigenvalue weighted by molar-refractivity contribution is 0.0782. The first-order chi connectivity index (χ1) is 8.66. The number of nitrogens with zero attached hydrogens (tertiary/aromatic N) is 2. The number of carbonyl (C=O) groups is 1. The van der Waals surface area contributed by atoms with E-state index in [2.05, 4.69) is 17.5 Å². The average molecular weight is 264 g/mol. The summed E-state index contributed by atoms with van der Waals surface area (Å²) < 4.78 is 0. The summed E-state index contributed by atoms with van der Waals surface area (Å²) in [5.41, 5.74) is 0.733. The summed E-state index contributed by atoms with van der Waals surface area (Å²) in [4.78, 5) is 17.2. The van der Waals surface area contributed by atoms with Gasteiger partial charge in [-0.15, -0.1) is 12.6 Å². The maximum Gasteiger partial charge on any atom is 0.253 e. The molecule has 0 aromatic heterocycles. The Bertz CT molecular complexity index is 399. The van der Waals surface area contributed by atoms with Crippen LogP contribution < -0.4 is 0 Å². The monoisotopic (exact) mass is 264 g/mol. The SMILES string of the molecule is CN(CCN1CCCC1)C(=O)c1ccc(S)cc1. The molecule has 1 aromatic carbocycles. The first-order valence-electron chi connectivity index (χ1n) is 6.43. The summed E-state index contributed by atoms with van der Waals surface area (Å²) in [5, 5.41) is 0. The molecule has 98 valence electrons. The maximum absolute atomic E-state index is 12.1. The van der Waals surface area contributed by atoms with Crippen LogP contribution in [0.2, 0.25) is 0 Å². The number of benzene rings is 1. The number of hydrogen-bond donors (Lipinski definition) is 1. The third kappa shape index (κ3) is 3.50. The summed E-state index contributed by atoms with van der Waals surface area (Å²) in [6.07, 6.45) is 2.59. The molecule has 0 N–H and O–H groups in total. The fourth-order valence-corrected chi connectivity index (χ4v) is 2.37. The molecule has 2 rings (SSSR count). The van der Waals surface area contributed by atoms with Gasteiger partial charge >= 0.3 is 0 Å². The zero-order chi connectivity index (χ0) is 13.0. The van der Waals surface area contributed by atoms with E-state index in [-0.39, 0.29) is 5.91 Å². The number of thiol groups is 1. The molecule has 4 heteroatoms. The minimum atomic E-state index is 0.0857. The molecule has 3 nitrogen and oxygen atoms in total. The molecule has 1 saturated heterocycles. The van der Waals surface area contributed by atoms with E-state index in [1.54, 1.807) is 4.90 Å². The first-order valence-corrected chi connectivity index (χ1v) is 6.88. The quantitative estimate of drug-likeness (QED) is 0.842. The summed E-state index contributed by atoms with van der Waals surface area (Å²) in [6, 6.07) is 7.36. The predicted octanol–water partition coefficient (Wildman–Crippen LogP) is 2.14. The van der Waals surface area contributed by atoms with Crippen LogP contribution in [0.4, 0.5) is 0 Å². The molecule has 0 radical (unpaired) electrons. The Morgan fingerprint density at radius 3 is 2.50 bits per heavy atom. The van der Waals surface area contributed by atoms with Crippen LogP contribution in [0, 0.1) is 0 Å². The van der Waals surface area contributed by atoms with Crippen molar-refractivity contribution in [2.45, 2.75) is 17.7 Å². The van der Waals surface area contributed by atoms with Crippen molar-refractivity contribution in [2.24, 2.45) is 0 Å². The Hall–Kier alpha value is -1.00. The molecule has 1 amide bonds. The molecule has 18 heavy (non-hydrogen) atoms. The Morgan fingerprint density at radius 2 is 1.89 bits per heavy atom. The van der Waals surface area contributed by atoms with Crippen molar-refractivity contribution < 1.29 is 4.79 Å². The van der Waals surface area contributed by atoms with Crippen molar-refractivity contribution in [2.75, 3.05) is 33.2 Å². The maximum atomic E-state index is 12.1. The van der Waals surface area contributed by atoms with Gasteiger partial charge in [0.25, 0.3) is 5.91 Å². The van der Waals surface area contributed by atoms with Gasteiger partial charge in [-0.05, 0) is 50.2 Å². The molecule has 0 saturated carbocycles. The van der Waals surface area contributed by atoms with Gasteiger partial charge in [0.1, 0.15) is 0 Å². The molecule has 0 atom stereocenters. The van der Waals surface area contributed by atoms with E-state index in [9.17, 15) is 4.79 Å². The molecular weight excluding hydrogens is 244 g/mol. The molecule has 0 spiro atoms. The Morgan fingerprint density at radius 1 is 1.28 bits per heavy atom. The smallest absolute Gasteiger partial charge is 0.253 e. The second kappa shape index (κ2) is 6.25. The zero-order valence-electron chi connectivity index (χ0n) is 10.8. The van der Waals surface area contributed by atoms with Crippen LogP contribution in [0.5, 0.6) is 0 Å². The van der Waals surface area contributed by atoms with Gasteiger partial charge in [0.05, 0.1) is 0 Å².